The zero-order valence-electron chi connectivity index (χ0n) is 11.9. The van der Waals surface area contributed by atoms with Crippen molar-refractivity contribution in [2.45, 2.75) is 32.1 Å². The Hall–Kier alpha value is -2.03. The third-order valence-corrected chi connectivity index (χ3v) is 3.89. The Labute approximate surface area is 119 Å². The van der Waals surface area contributed by atoms with Gasteiger partial charge in [-0.3, -0.25) is 0 Å². The van der Waals surface area contributed by atoms with Crippen LogP contribution in [0.5, 0.6) is 0 Å². The summed E-state index contributed by atoms with van der Waals surface area (Å²) in [6.45, 7) is 6.69. The average Bonchev–Trinajstić information content (AvgIpc) is 3.03. The van der Waals surface area contributed by atoms with E-state index >= 15 is 0 Å². The van der Waals surface area contributed by atoms with Crippen molar-refractivity contribution in [3.05, 3.63) is 60.1 Å². The van der Waals surface area contributed by atoms with E-state index in [9.17, 15) is 0 Å². The van der Waals surface area contributed by atoms with Gasteiger partial charge < -0.3 is 4.74 Å². The zero-order chi connectivity index (χ0) is 13.9. The smallest absolute Gasteiger partial charge is 0.0894 e. The number of benzene rings is 1. The number of nitrogens with zero attached hydrogens (tertiary/aromatic N) is 2. The maximum absolute atomic E-state index is 5.49. The summed E-state index contributed by atoms with van der Waals surface area (Å²) < 4.78 is 7.56. The number of allylic oxidation sites excluding steroid dienone is 1. The predicted octanol–water partition coefficient (Wildman–Crippen LogP) is 3.84. The van der Waals surface area contributed by atoms with Crippen molar-refractivity contribution in [2.24, 2.45) is 0 Å². The lowest BCUT2D eigenvalue weighted by Crippen LogP contribution is -2.00. The highest BCUT2D eigenvalue weighted by molar-refractivity contribution is 5.38. The van der Waals surface area contributed by atoms with Gasteiger partial charge in [-0.25, -0.2) is 4.68 Å². The summed E-state index contributed by atoms with van der Waals surface area (Å²) in [5.74, 6) is 1.39. The van der Waals surface area contributed by atoms with Gasteiger partial charge in [0.15, 0.2) is 0 Å². The molecule has 3 nitrogen and oxygen atoms in total. The standard InChI is InChI=1S/C17H20N2O/c1-3-20-13(2)11-14-9-10-17-16(14)12-18-19(17)15-7-5-4-6-8-15/h4-8,12,14H,2-3,9-11H2,1H3. The van der Waals surface area contributed by atoms with Gasteiger partial charge in [0, 0.05) is 12.1 Å². The van der Waals surface area contributed by atoms with Gasteiger partial charge in [0.25, 0.3) is 0 Å². The number of hydrogen-bond donors (Lipinski definition) is 0. The van der Waals surface area contributed by atoms with E-state index in [4.69, 9.17) is 4.74 Å². The molecule has 1 aromatic heterocycles. The van der Waals surface area contributed by atoms with Crippen molar-refractivity contribution < 1.29 is 4.74 Å². The molecule has 0 amide bonds. The molecule has 2 aromatic rings. The monoisotopic (exact) mass is 268 g/mol. The average molecular weight is 268 g/mol. The summed E-state index contributed by atoms with van der Waals surface area (Å²) in [4.78, 5) is 0. The molecule has 0 N–H and O–H groups in total. The topological polar surface area (TPSA) is 27.1 Å². The van der Waals surface area contributed by atoms with Crippen LogP contribution < -0.4 is 0 Å². The maximum Gasteiger partial charge on any atom is 0.0894 e. The van der Waals surface area contributed by atoms with E-state index in [1.54, 1.807) is 0 Å². The fraction of sp³-hybridized carbons (Fsp3) is 0.353. The second-order valence-corrected chi connectivity index (χ2v) is 5.21. The molecule has 3 heteroatoms. The Bertz CT molecular complexity index is 601. The first kappa shape index (κ1) is 13.0. The summed E-state index contributed by atoms with van der Waals surface area (Å²) in [5.41, 5.74) is 3.83. The molecule has 1 unspecified atom stereocenters. The highest BCUT2D eigenvalue weighted by Gasteiger charge is 2.27. The summed E-state index contributed by atoms with van der Waals surface area (Å²) in [6, 6.07) is 10.3. The summed E-state index contributed by atoms with van der Waals surface area (Å²) in [6.07, 6.45) is 5.15. The molecule has 20 heavy (non-hydrogen) atoms. The molecule has 104 valence electrons. The zero-order valence-corrected chi connectivity index (χ0v) is 11.9. The Morgan fingerprint density at radius 2 is 2.20 bits per heavy atom. The van der Waals surface area contributed by atoms with Crippen LogP contribution in [-0.4, -0.2) is 16.4 Å². The van der Waals surface area contributed by atoms with E-state index in [1.165, 1.54) is 11.3 Å². The van der Waals surface area contributed by atoms with Crippen molar-refractivity contribution >= 4 is 0 Å². The van der Waals surface area contributed by atoms with E-state index in [-0.39, 0.29) is 0 Å². The van der Waals surface area contributed by atoms with Crippen LogP contribution in [0.25, 0.3) is 5.69 Å². The summed E-state index contributed by atoms with van der Waals surface area (Å²) >= 11 is 0. The Balaban J connectivity index is 1.83. The Morgan fingerprint density at radius 1 is 1.40 bits per heavy atom. The molecule has 1 aromatic carbocycles. The minimum atomic E-state index is 0.501. The van der Waals surface area contributed by atoms with Crippen LogP contribution in [0.15, 0.2) is 48.9 Å². The highest BCUT2D eigenvalue weighted by Crippen LogP contribution is 2.37. The van der Waals surface area contributed by atoms with Crippen molar-refractivity contribution in [1.82, 2.24) is 9.78 Å². The molecule has 1 aliphatic rings. The van der Waals surface area contributed by atoms with Crippen LogP contribution in [-0.2, 0) is 11.2 Å². The third-order valence-electron chi connectivity index (χ3n) is 3.89. The maximum atomic E-state index is 5.49. The van der Waals surface area contributed by atoms with Crippen molar-refractivity contribution in [1.29, 1.82) is 0 Å². The Morgan fingerprint density at radius 3 is 2.95 bits per heavy atom. The fourth-order valence-electron chi connectivity index (χ4n) is 2.99. The minimum absolute atomic E-state index is 0.501. The largest absolute Gasteiger partial charge is 0.499 e. The molecule has 0 fully saturated rings. The van der Waals surface area contributed by atoms with Crippen molar-refractivity contribution in [3.8, 4) is 5.69 Å². The number of aromatic nitrogens is 2. The van der Waals surface area contributed by atoms with Crippen LogP contribution in [0.3, 0.4) is 0 Å². The van der Waals surface area contributed by atoms with E-state index in [0.29, 0.717) is 12.5 Å². The number of fused-ring (bicyclic) bond motifs is 1. The van der Waals surface area contributed by atoms with Crippen molar-refractivity contribution in [3.63, 3.8) is 0 Å². The molecule has 1 aliphatic carbocycles. The van der Waals surface area contributed by atoms with E-state index in [1.807, 2.05) is 31.3 Å². The Kier molecular flexibility index (Phi) is 3.59. The quantitative estimate of drug-likeness (QED) is 0.770. The minimum Gasteiger partial charge on any atom is -0.499 e. The lowest BCUT2D eigenvalue weighted by molar-refractivity contribution is 0.215. The second kappa shape index (κ2) is 5.53. The first-order valence-electron chi connectivity index (χ1n) is 7.22. The van der Waals surface area contributed by atoms with E-state index in [0.717, 1.165) is 30.7 Å². The van der Waals surface area contributed by atoms with Gasteiger partial charge in [-0.1, -0.05) is 24.8 Å². The molecule has 1 atom stereocenters. The van der Waals surface area contributed by atoms with E-state index in [2.05, 4.69) is 28.5 Å². The molecule has 1 heterocycles. The van der Waals surface area contributed by atoms with Crippen molar-refractivity contribution in [2.75, 3.05) is 6.61 Å². The summed E-state index contributed by atoms with van der Waals surface area (Å²) in [5, 5.41) is 4.56. The molecule has 3 rings (SSSR count). The first-order chi connectivity index (χ1) is 9.79. The van der Waals surface area contributed by atoms with Crippen LogP contribution >= 0.6 is 0 Å². The normalized spacial score (nSPS) is 16.9. The number of ether oxygens (including phenoxy) is 1. The fourth-order valence-corrected chi connectivity index (χ4v) is 2.99. The molecule has 0 radical (unpaired) electrons. The molecular formula is C17H20N2O. The highest BCUT2D eigenvalue weighted by atomic mass is 16.5. The van der Waals surface area contributed by atoms with Gasteiger partial charge in [0.05, 0.1) is 24.3 Å². The van der Waals surface area contributed by atoms with E-state index < -0.39 is 0 Å². The molecular weight excluding hydrogens is 248 g/mol. The summed E-state index contributed by atoms with van der Waals surface area (Å²) in [7, 11) is 0. The number of hydrogen-bond acceptors (Lipinski definition) is 2. The lowest BCUT2D eigenvalue weighted by atomic mass is 10.00. The predicted molar refractivity (Wildman–Crippen MR) is 80.0 cm³/mol. The molecule has 0 saturated heterocycles. The van der Waals surface area contributed by atoms with Crippen LogP contribution in [0.2, 0.25) is 0 Å². The lowest BCUT2D eigenvalue weighted by Gasteiger charge is -2.12. The first-order valence-corrected chi connectivity index (χ1v) is 7.22. The molecule has 0 bridgehead atoms. The second-order valence-electron chi connectivity index (χ2n) is 5.21. The number of para-hydroxylation sites is 1. The molecule has 0 aliphatic heterocycles. The van der Waals surface area contributed by atoms with Gasteiger partial charge in [-0.2, -0.15) is 5.10 Å². The number of rotatable bonds is 5. The third kappa shape index (κ3) is 2.36. The molecule has 0 saturated carbocycles. The van der Waals surface area contributed by atoms with Gasteiger partial charge in [-0.15, -0.1) is 0 Å². The SMILES string of the molecule is C=C(CC1CCc2c1cnn2-c1ccccc1)OCC. The molecule has 0 spiro atoms. The van der Waals surface area contributed by atoms with Gasteiger partial charge in [-0.05, 0) is 43.4 Å². The van der Waals surface area contributed by atoms with Gasteiger partial charge in [0.2, 0.25) is 0 Å². The van der Waals surface area contributed by atoms with Crippen LogP contribution in [0.1, 0.15) is 36.9 Å². The van der Waals surface area contributed by atoms with Crippen LogP contribution in [0, 0.1) is 0 Å². The van der Waals surface area contributed by atoms with Gasteiger partial charge >= 0.3 is 0 Å². The van der Waals surface area contributed by atoms with Gasteiger partial charge in [0.1, 0.15) is 0 Å². The van der Waals surface area contributed by atoms with Crippen LogP contribution in [0.4, 0.5) is 0 Å².